The van der Waals surface area contributed by atoms with Gasteiger partial charge in [0.2, 0.25) is 5.91 Å². The quantitative estimate of drug-likeness (QED) is 0.877. The zero-order valence-corrected chi connectivity index (χ0v) is 14.5. The number of rotatable bonds is 3. The summed E-state index contributed by atoms with van der Waals surface area (Å²) < 4.78 is 6.25. The highest BCUT2D eigenvalue weighted by Crippen LogP contribution is 2.26. The highest BCUT2D eigenvalue weighted by molar-refractivity contribution is 9.10. The van der Waals surface area contributed by atoms with Crippen LogP contribution in [0.25, 0.3) is 0 Å². The van der Waals surface area contributed by atoms with Crippen molar-refractivity contribution in [3.63, 3.8) is 0 Å². The Bertz CT molecular complexity index is 736. The average Bonchev–Trinajstić information content (AvgIpc) is 2.60. The average molecular weight is 389 g/mol. The van der Waals surface area contributed by atoms with Crippen molar-refractivity contribution >= 4 is 27.9 Å². The Morgan fingerprint density at radius 2 is 2.00 bits per heavy atom. The zero-order chi connectivity index (χ0) is 16.9. The lowest BCUT2D eigenvalue weighted by Gasteiger charge is -2.34. The minimum atomic E-state index is -0.681. The van der Waals surface area contributed by atoms with Gasteiger partial charge < -0.3 is 10.1 Å². The molecular formula is C18H17BrN2O3. The van der Waals surface area contributed by atoms with E-state index in [0.29, 0.717) is 13.1 Å². The second kappa shape index (κ2) is 7.49. The molecular weight excluding hydrogens is 372 g/mol. The van der Waals surface area contributed by atoms with E-state index in [9.17, 15) is 9.59 Å². The Labute approximate surface area is 148 Å². The standard InChI is InChI=1S/C18H17BrN2O3/c19-15-8-4-7-14(11-15)16-17(22)20-9-10-21(16)18(23)24-12-13-5-2-1-3-6-13/h1-8,11,16H,9-10,12H2,(H,20,22). The number of nitrogens with one attached hydrogen (secondary N) is 1. The van der Waals surface area contributed by atoms with Gasteiger partial charge in [0.25, 0.3) is 0 Å². The van der Waals surface area contributed by atoms with Gasteiger partial charge in [-0.05, 0) is 23.3 Å². The predicted molar refractivity (Wildman–Crippen MR) is 93.2 cm³/mol. The van der Waals surface area contributed by atoms with Crippen molar-refractivity contribution in [1.29, 1.82) is 0 Å². The van der Waals surface area contributed by atoms with Gasteiger partial charge in [-0.25, -0.2) is 4.79 Å². The molecule has 124 valence electrons. The Hall–Kier alpha value is -2.34. The lowest BCUT2D eigenvalue weighted by molar-refractivity contribution is -0.128. The topological polar surface area (TPSA) is 58.6 Å². The molecule has 0 radical (unpaired) electrons. The van der Waals surface area contributed by atoms with Crippen LogP contribution in [-0.4, -0.2) is 30.0 Å². The molecule has 3 rings (SSSR count). The van der Waals surface area contributed by atoms with E-state index in [4.69, 9.17) is 4.74 Å². The second-order valence-electron chi connectivity index (χ2n) is 5.48. The number of ether oxygens (including phenoxy) is 1. The molecule has 0 spiro atoms. The first kappa shape index (κ1) is 16.5. The molecule has 6 heteroatoms. The fourth-order valence-corrected chi connectivity index (χ4v) is 3.09. The molecule has 2 amide bonds. The van der Waals surface area contributed by atoms with E-state index in [-0.39, 0.29) is 12.5 Å². The summed E-state index contributed by atoms with van der Waals surface area (Å²) in [4.78, 5) is 26.3. The number of carbonyl (C=O) groups excluding carboxylic acids is 2. The van der Waals surface area contributed by atoms with E-state index in [0.717, 1.165) is 15.6 Å². The van der Waals surface area contributed by atoms with Gasteiger partial charge in [-0.15, -0.1) is 0 Å². The molecule has 0 saturated carbocycles. The third-order valence-corrected chi connectivity index (χ3v) is 4.31. The number of hydrogen-bond acceptors (Lipinski definition) is 3. The SMILES string of the molecule is O=C1NCCN(C(=O)OCc2ccccc2)C1c1cccc(Br)c1. The van der Waals surface area contributed by atoms with Gasteiger partial charge in [0.15, 0.2) is 0 Å². The Kier molecular flexibility index (Phi) is 5.15. The van der Waals surface area contributed by atoms with Crippen LogP contribution in [0.2, 0.25) is 0 Å². The Morgan fingerprint density at radius 1 is 1.21 bits per heavy atom. The first-order valence-corrected chi connectivity index (χ1v) is 8.45. The van der Waals surface area contributed by atoms with Crippen LogP contribution in [0, 0.1) is 0 Å². The highest BCUT2D eigenvalue weighted by Gasteiger charge is 2.35. The van der Waals surface area contributed by atoms with Gasteiger partial charge in [0.05, 0.1) is 0 Å². The molecule has 24 heavy (non-hydrogen) atoms. The van der Waals surface area contributed by atoms with Crippen LogP contribution in [-0.2, 0) is 16.1 Å². The summed E-state index contributed by atoms with van der Waals surface area (Å²) in [5.41, 5.74) is 1.66. The first-order valence-electron chi connectivity index (χ1n) is 7.65. The van der Waals surface area contributed by atoms with Gasteiger partial charge in [-0.1, -0.05) is 58.4 Å². The van der Waals surface area contributed by atoms with Crippen LogP contribution in [0.4, 0.5) is 4.79 Å². The molecule has 0 aromatic heterocycles. The monoisotopic (exact) mass is 388 g/mol. The summed E-state index contributed by atoms with van der Waals surface area (Å²) in [7, 11) is 0. The molecule has 1 aliphatic heterocycles. The molecule has 1 atom stereocenters. The number of carbonyl (C=O) groups is 2. The van der Waals surface area contributed by atoms with Gasteiger partial charge in [-0.2, -0.15) is 0 Å². The number of piperazine rings is 1. The Morgan fingerprint density at radius 3 is 2.75 bits per heavy atom. The lowest BCUT2D eigenvalue weighted by Crippen LogP contribution is -2.52. The molecule has 2 aromatic carbocycles. The van der Waals surface area contributed by atoms with Crippen LogP contribution in [0.5, 0.6) is 0 Å². The Balaban J connectivity index is 1.76. The lowest BCUT2D eigenvalue weighted by atomic mass is 10.0. The van der Waals surface area contributed by atoms with Crippen LogP contribution in [0.15, 0.2) is 59.1 Å². The van der Waals surface area contributed by atoms with E-state index >= 15 is 0 Å². The predicted octanol–water partition coefficient (Wildman–Crippen LogP) is 3.26. The molecule has 1 heterocycles. The van der Waals surface area contributed by atoms with Crippen LogP contribution < -0.4 is 5.32 Å². The molecule has 1 unspecified atom stereocenters. The molecule has 0 aliphatic carbocycles. The van der Waals surface area contributed by atoms with Crippen molar-refractivity contribution in [2.24, 2.45) is 0 Å². The third-order valence-electron chi connectivity index (χ3n) is 3.82. The molecule has 1 N–H and O–H groups in total. The summed E-state index contributed by atoms with van der Waals surface area (Å²) in [6.45, 7) is 1.02. The van der Waals surface area contributed by atoms with Crippen LogP contribution in [0.1, 0.15) is 17.2 Å². The van der Waals surface area contributed by atoms with E-state index in [1.54, 1.807) is 0 Å². The number of amides is 2. The molecule has 2 aromatic rings. The van der Waals surface area contributed by atoms with Gasteiger partial charge in [0.1, 0.15) is 12.6 Å². The van der Waals surface area contributed by atoms with Crippen molar-refractivity contribution in [2.75, 3.05) is 13.1 Å². The number of hydrogen-bond donors (Lipinski definition) is 1. The number of benzene rings is 2. The van der Waals surface area contributed by atoms with E-state index < -0.39 is 12.1 Å². The first-order chi connectivity index (χ1) is 11.6. The molecule has 1 saturated heterocycles. The van der Waals surface area contributed by atoms with E-state index in [2.05, 4.69) is 21.2 Å². The summed E-state index contributed by atoms with van der Waals surface area (Å²) in [5.74, 6) is -0.198. The van der Waals surface area contributed by atoms with Crippen molar-refractivity contribution in [3.05, 3.63) is 70.2 Å². The second-order valence-corrected chi connectivity index (χ2v) is 6.40. The number of halogens is 1. The van der Waals surface area contributed by atoms with E-state index in [1.807, 2.05) is 54.6 Å². The molecule has 1 aliphatic rings. The van der Waals surface area contributed by atoms with Crippen molar-refractivity contribution in [3.8, 4) is 0 Å². The zero-order valence-electron chi connectivity index (χ0n) is 12.9. The maximum absolute atomic E-state index is 12.5. The van der Waals surface area contributed by atoms with Crippen LogP contribution in [0.3, 0.4) is 0 Å². The third kappa shape index (κ3) is 3.76. The maximum atomic E-state index is 12.5. The molecule has 0 bridgehead atoms. The van der Waals surface area contributed by atoms with Crippen LogP contribution >= 0.6 is 15.9 Å². The molecule has 5 nitrogen and oxygen atoms in total. The smallest absolute Gasteiger partial charge is 0.411 e. The summed E-state index contributed by atoms with van der Waals surface area (Å²) in [5, 5.41) is 2.81. The minimum Gasteiger partial charge on any atom is -0.445 e. The largest absolute Gasteiger partial charge is 0.445 e. The summed E-state index contributed by atoms with van der Waals surface area (Å²) in [6, 6.07) is 16.2. The van der Waals surface area contributed by atoms with Crippen molar-refractivity contribution < 1.29 is 14.3 Å². The van der Waals surface area contributed by atoms with Crippen molar-refractivity contribution in [2.45, 2.75) is 12.6 Å². The van der Waals surface area contributed by atoms with Crippen molar-refractivity contribution in [1.82, 2.24) is 10.2 Å². The normalized spacial score (nSPS) is 17.3. The highest BCUT2D eigenvalue weighted by atomic mass is 79.9. The van der Waals surface area contributed by atoms with Gasteiger partial charge in [-0.3, -0.25) is 9.69 Å². The minimum absolute atomic E-state index is 0.184. The fourth-order valence-electron chi connectivity index (χ4n) is 2.67. The molecule has 1 fully saturated rings. The summed E-state index contributed by atoms with van der Waals surface area (Å²) in [6.07, 6.45) is -0.487. The fraction of sp³-hybridized carbons (Fsp3) is 0.222. The maximum Gasteiger partial charge on any atom is 0.411 e. The van der Waals surface area contributed by atoms with Gasteiger partial charge >= 0.3 is 6.09 Å². The number of nitrogens with zero attached hydrogens (tertiary/aromatic N) is 1. The summed E-state index contributed by atoms with van der Waals surface area (Å²) >= 11 is 3.40. The van der Waals surface area contributed by atoms with Gasteiger partial charge in [0, 0.05) is 17.6 Å². The van der Waals surface area contributed by atoms with E-state index in [1.165, 1.54) is 4.90 Å².